The van der Waals surface area contributed by atoms with E-state index < -0.39 is 5.97 Å². The van der Waals surface area contributed by atoms with Crippen molar-refractivity contribution >= 4 is 34.9 Å². The average molecular weight is 355 g/mol. The summed E-state index contributed by atoms with van der Waals surface area (Å²) in [6, 6.07) is 9.60. The topological polar surface area (TPSA) is 103 Å². The van der Waals surface area contributed by atoms with Crippen LogP contribution >= 0.6 is 11.3 Å². The van der Waals surface area contributed by atoms with Gasteiger partial charge < -0.3 is 15.8 Å². The Bertz CT molecular complexity index is 910. The second-order valence-electron chi connectivity index (χ2n) is 5.38. The molecule has 0 saturated heterocycles. The number of carbonyl (C=O) groups is 1. The van der Waals surface area contributed by atoms with Crippen LogP contribution in [0.2, 0.25) is 0 Å². The Morgan fingerprint density at radius 2 is 1.96 bits per heavy atom. The molecule has 3 rings (SSSR count). The number of hydrogen-bond donors (Lipinski definition) is 2. The number of thiophene rings is 1. The fraction of sp³-hybridized carbons (Fsp3) is 0.176. The van der Waals surface area contributed by atoms with Gasteiger partial charge in [0.2, 0.25) is 11.9 Å². The predicted octanol–water partition coefficient (Wildman–Crippen LogP) is 3.23. The molecule has 0 radical (unpaired) electrons. The van der Waals surface area contributed by atoms with Gasteiger partial charge >= 0.3 is 5.97 Å². The van der Waals surface area contributed by atoms with Gasteiger partial charge in [-0.3, -0.25) is 0 Å². The van der Waals surface area contributed by atoms with Crippen molar-refractivity contribution in [3.63, 3.8) is 0 Å². The van der Waals surface area contributed by atoms with E-state index in [0.29, 0.717) is 10.8 Å². The minimum absolute atomic E-state index is 0.0597. The molecule has 0 bridgehead atoms. The van der Waals surface area contributed by atoms with Gasteiger partial charge in [0, 0.05) is 5.69 Å². The van der Waals surface area contributed by atoms with E-state index in [-0.39, 0.29) is 18.4 Å². The molecule has 0 spiro atoms. The molecule has 7 nitrogen and oxygen atoms in total. The van der Waals surface area contributed by atoms with Crippen molar-refractivity contribution in [1.29, 1.82) is 0 Å². The fourth-order valence-corrected chi connectivity index (χ4v) is 2.99. The maximum absolute atomic E-state index is 12.1. The van der Waals surface area contributed by atoms with Crippen LogP contribution in [-0.4, -0.2) is 20.9 Å². The Balaban J connectivity index is 1.72. The first-order chi connectivity index (χ1) is 12.0. The van der Waals surface area contributed by atoms with Gasteiger partial charge in [0.1, 0.15) is 4.88 Å². The first-order valence-electron chi connectivity index (χ1n) is 7.57. The highest BCUT2D eigenvalue weighted by Gasteiger charge is 2.14. The molecule has 0 atom stereocenters. The number of aromatic nitrogens is 3. The van der Waals surface area contributed by atoms with E-state index in [4.69, 9.17) is 10.5 Å². The number of carbonyl (C=O) groups excluding carboxylic acids is 1. The van der Waals surface area contributed by atoms with E-state index in [9.17, 15) is 4.79 Å². The van der Waals surface area contributed by atoms with E-state index in [1.165, 1.54) is 11.3 Å². The molecular formula is C17H17N5O2S. The highest BCUT2D eigenvalue weighted by atomic mass is 32.1. The number of hydrogen-bond acceptors (Lipinski definition) is 8. The summed E-state index contributed by atoms with van der Waals surface area (Å²) in [6.07, 6.45) is 0. The van der Waals surface area contributed by atoms with Crippen molar-refractivity contribution in [1.82, 2.24) is 15.0 Å². The van der Waals surface area contributed by atoms with Gasteiger partial charge in [0.15, 0.2) is 12.4 Å². The third-order valence-electron chi connectivity index (χ3n) is 3.47. The molecule has 0 aliphatic heterocycles. The maximum Gasteiger partial charge on any atom is 0.349 e. The molecule has 1 aromatic carbocycles. The zero-order chi connectivity index (χ0) is 17.8. The van der Waals surface area contributed by atoms with Crippen LogP contribution in [0, 0.1) is 13.8 Å². The van der Waals surface area contributed by atoms with Crippen molar-refractivity contribution in [3.05, 3.63) is 57.5 Å². The lowest BCUT2D eigenvalue weighted by Gasteiger charge is -2.09. The molecule has 25 heavy (non-hydrogen) atoms. The van der Waals surface area contributed by atoms with Crippen LogP contribution in [0.1, 0.15) is 26.6 Å². The molecule has 3 aromatic rings. The lowest BCUT2D eigenvalue weighted by Crippen LogP contribution is -2.11. The maximum atomic E-state index is 12.1. The molecule has 0 fully saturated rings. The van der Waals surface area contributed by atoms with Gasteiger partial charge in [-0.25, -0.2) is 4.79 Å². The molecule has 0 aliphatic carbocycles. The van der Waals surface area contributed by atoms with Crippen molar-refractivity contribution in [2.75, 3.05) is 11.1 Å². The number of aryl methyl sites for hydroxylation is 2. The van der Waals surface area contributed by atoms with Crippen LogP contribution in [0.25, 0.3) is 0 Å². The van der Waals surface area contributed by atoms with Crippen molar-refractivity contribution in [3.8, 4) is 0 Å². The normalized spacial score (nSPS) is 10.5. The molecule has 128 valence electrons. The molecule has 3 N–H and O–H groups in total. The first-order valence-corrected chi connectivity index (χ1v) is 8.45. The summed E-state index contributed by atoms with van der Waals surface area (Å²) >= 11 is 1.34. The van der Waals surface area contributed by atoms with Crippen LogP contribution in [0.15, 0.2) is 35.7 Å². The summed E-state index contributed by atoms with van der Waals surface area (Å²) in [5.41, 5.74) is 8.53. The lowest BCUT2D eigenvalue weighted by atomic mass is 10.2. The van der Waals surface area contributed by atoms with Crippen LogP contribution in [0.3, 0.4) is 0 Å². The smallest absolute Gasteiger partial charge is 0.349 e. The van der Waals surface area contributed by atoms with Crippen molar-refractivity contribution < 1.29 is 9.53 Å². The Morgan fingerprint density at radius 3 is 2.68 bits per heavy atom. The second kappa shape index (κ2) is 7.27. The van der Waals surface area contributed by atoms with E-state index in [1.807, 2.05) is 49.6 Å². The average Bonchev–Trinajstić information content (AvgIpc) is 3.00. The highest BCUT2D eigenvalue weighted by molar-refractivity contribution is 7.12. The number of nitrogen functional groups attached to an aromatic ring is 1. The number of nitrogens with zero attached hydrogens (tertiary/aromatic N) is 3. The monoisotopic (exact) mass is 355 g/mol. The van der Waals surface area contributed by atoms with Crippen LogP contribution in [0.4, 0.5) is 17.6 Å². The number of rotatable bonds is 5. The zero-order valence-corrected chi connectivity index (χ0v) is 14.6. The van der Waals surface area contributed by atoms with Crippen molar-refractivity contribution in [2.24, 2.45) is 0 Å². The molecule has 2 aromatic heterocycles. The molecule has 0 aliphatic rings. The number of nitrogens with one attached hydrogen (secondary N) is 1. The van der Waals surface area contributed by atoms with Gasteiger partial charge in [-0.05, 0) is 42.5 Å². The van der Waals surface area contributed by atoms with Gasteiger partial charge in [-0.15, -0.1) is 11.3 Å². The molecule has 8 heteroatoms. The number of esters is 1. The molecular weight excluding hydrogens is 338 g/mol. The van der Waals surface area contributed by atoms with Gasteiger partial charge in [0.25, 0.3) is 0 Å². The van der Waals surface area contributed by atoms with E-state index >= 15 is 0 Å². The number of anilines is 3. The summed E-state index contributed by atoms with van der Waals surface area (Å²) in [6.45, 7) is 3.75. The third kappa shape index (κ3) is 4.10. The number of benzene rings is 1. The second-order valence-corrected chi connectivity index (χ2v) is 6.30. The Labute approximate surface area is 148 Å². The van der Waals surface area contributed by atoms with Crippen LogP contribution in [-0.2, 0) is 11.3 Å². The quantitative estimate of drug-likeness (QED) is 0.677. The molecule has 0 amide bonds. The summed E-state index contributed by atoms with van der Waals surface area (Å²) in [7, 11) is 0. The number of nitrogens with two attached hydrogens (primary N) is 1. The molecule has 0 unspecified atom stereocenters. The largest absolute Gasteiger partial charge is 0.453 e. The predicted molar refractivity (Wildman–Crippen MR) is 96.9 cm³/mol. The van der Waals surface area contributed by atoms with E-state index in [2.05, 4.69) is 20.3 Å². The summed E-state index contributed by atoms with van der Waals surface area (Å²) < 4.78 is 5.27. The minimum atomic E-state index is -0.403. The number of ether oxygens (including phenoxy) is 1. The molecule has 2 heterocycles. The van der Waals surface area contributed by atoms with Crippen LogP contribution in [0.5, 0.6) is 0 Å². The van der Waals surface area contributed by atoms with E-state index in [1.54, 1.807) is 0 Å². The third-order valence-corrected chi connectivity index (χ3v) is 4.47. The summed E-state index contributed by atoms with van der Waals surface area (Å²) in [5, 5.41) is 4.94. The van der Waals surface area contributed by atoms with Gasteiger partial charge in [0.05, 0.1) is 0 Å². The van der Waals surface area contributed by atoms with Gasteiger partial charge in [-0.2, -0.15) is 15.0 Å². The Hall–Kier alpha value is -3.00. The van der Waals surface area contributed by atoms with E-state index in [0.717, 1.165) is 16.8 Å². The zero-order valence-electron chi connectivity index (χ0n) is 13.8. The Morgan fingerprint density at radius 1 is 1.16 bits per heavy atom. The highest BCUT2D eigenvalue weighted by Crippen LogP contribution is 2.19. The molecule has 0 saturated carbocycles. The number of para-hydroxylation sites is 1. The summed E-state index contributed by atoms with van der Waals surface area (Å²) in [4.78, 5) is 25.0. The van der Waals surface area contributed by atoms with Gasteiger partial charge in [-0.1, -0.05) is 18.2 Å². The standard InChI is InChI=1S/C17H17N5O2S/c1-10-5-3-4-6-12(10)19-17-21-13(20-16(18)22-17)9-24-15(23)14-11(2)7-8-25-14/h3-8H,9H2,1-2H3,(H3,18,19,20,21,22). The minimum Gasteiger partial charge on any atom is -0.453 e. The lowest BCUT2D eigenvalue weighted by molar-refractivity contribution is 0.0467. The first kappa shape index (κ1) is 16.8. The summed E-state index contributed by atoms with van der Waals surface area (Å²) in [5.74, 6) is 0.246. The Kier molecular flexibility index (Phi) is 4.90. The van der Waals surface area contributed by atoms with Crippen LogP contribution < -0.4 is 11.1 Å². The fourth-order valence-electron chi connectivity index (χ4n) is 2.17. The van der Waals surface area contributed by atoms with Crippen molar-refractivity contribution in [2.45, 2.75) is 20.5 Å². The SMILES string of the molecule is Cc1ccccc1Nc1nc(N)nc(COC(=O)c2sccc2C)n1.